The lowest BCUT2D eigenvalue weighted by atomic mass is 10.2. The van der Waals surface area contributed by atoms with Gasteiger partial charge in [0.25, 0.3) is 5.56 Å². The summed E-state index contributed by atoms with van der Waals surface area (Å²) < 4.78 is 17.6. The van der Waals surface area contributed by atoms with Gasteiger partial charge in [0.1, 0.15) is 5.75 Å². The summed E-state index contributed by atoms with van der Waals surface area (Å²) in [5.74, 6) is 2.07. The molecule has 32 heavy (non-hydrogen) atoms. The second-order valence-electron chi connectivity index (χ2n) is 6.65. The Morgan fingerprint density at radius 1 is 1.12 bits per heavy atom. The predicted octanol–water partition coefficient (Wildman–Crippen LogP) is 4.98. The van der Waals surface area contributed by atoms with Gasteiger partial charge >= 0.3 is 0 Å². The quantitative estimate of drug-likeness (QED) is 0.255. The SMILES string of the molecule is COc1ccccc1-n1c(SCc2nc(-c3ccco3)no2)nc2cc(Cl)ccc2c1=O. The number of halogens is 1. The number of ether oxygens (including phenoxy) is 1. The number of aromatic nitrogens is 4. The maximum absolute atomic E-state index is 13.4. The molecule has 10 heteroatoms. The molecular weight excluding hydrogens is 452 g/mol. The molecular formula is C22H15ClN4O4S. The molecule has 0 aliphatic rings. The highest BCUT2D eigenvalue weighted by atomic mass is 35.5. The summed E-state index contributed by atoms with van der Waals surface area (Å²) in [6.45, 7) is 0. The van der Waals surface area contributed by atoms with Crippen LogP contribution in [0.4, 0.5) is 0 Å². The Labute approximate surface area is 190 Å². The number of rotatable bonds is 6. The minimum atomic E-state index is -0.236. The molecule has 0 radical (unpaired) electrons. The number of fused-ring (bicyclic) bond motifs is 1. The molecule has 0 fully saturated rings. The third kappa shape index (κ3) is 3.76. The summed E-state index contributed by atoms with van der Waals surface area (Å²) in [5.41, 5.74) is 0.840. The molecule has 3 aromatic heterocycles. The minimum absolute atomic E-state index is 0.236. The Kier molecular flexibility index (Phi) is 5.42. The summed E-state index contributed by atoms with van der Waals surface area (Å²) in [4.78, 5) is 22.5. The van der Waals surface area contributed by atoms with Crippen LogP contribution in [0, 0.1) is 0 Å². The summed E-state index contributed by atoms with van der Waals surface area (Å²) >= 11 is 7.42. The number of nitrogens with zero attached hydrogens (tertiary/aromatic N) is 4. The Morgan fingerprint density at radius 3 is 2.81 bits per heavy atom. The van der Waals surface area contributed by atoms with Gasteiger partial charge in [0.15, 0.2) is 10.9 Å². The van der Waals surface area contributed by atoms with Crippen LogP contribution < -0.4 is 10.3 Å². The van der Waals surface area contributed by atoms with Crippen molar-refractivity contribution in [1.29, 1.82) is 0 Å². The van der Waals surface area contributed by atoms with Crippen LogP contribution in [0.25, 0.3) is 28.2 Å². The molecule has 5 aromatic rings. The number of hydrogen-bond acceptors (Lipinski definition) is 8. The van der Waals surface area contributed by atoms with Gasteiger partial charge in [-0.15, -0.1) is 0 Å². The molecule has 0 saturated carbocycles. The molecule has 0 amide bonds. The molecule has 8 nitrogen and oxygen atoms in total. The average Bonchev–Trinajstić information content (AvgIpc) is 3.49. The second-order valence-corrected chi connectivity index (χ2v) is 8.02. The summed E-state index contributed by atoms with van der Waals surface area (Å²) in [7, 11) is 1.56. The van der Waals surface area contributed by atoms with Crippen LogP contribution >= 0.6 is 23.4 Å². The van der Waals surface area contributed by atoms with Gasteiger partial charge in [0, 0.05) is 5.02 Å². The van der Waals surface area contributed by atoms with E-state index in [4.69, 9.17) is 30.3 Å². The molecule has 0 atom stereocenters. The normalized spacial score (nSPS) is 11.2. The van der Waals surface area contributed by atoms with Crippen LogP contribution in [0.15, 0.2) is 79.8 Å². The number of furan rings is 1. The highest BCUT2D eigenvalue weighted by Crippen LogP contribution is 2.29. The van der Waals surface area contributed by atoms with E-state index in [2.05, 4.69) is 10.1 Å². The van der Waals surface area contributed by atoms with E-state index in [1.54, 1.807) is 49.6 Å². The molecule has 0 unspecified atom stereocenters. The van der Waals surface area contributed by atoms with E-state index in [0.717, 1.165) is 0 Å². The number of hydrogen-bond donors (Lipinski definition) is 0. The van der Waals surface area contributed by atoms with Gasteiger partial charge in [-0.3, -0.25) is 9.36 Å². The third-order valence-corrected chi connectivity index (χ3v) is 5.82. The first-order chi connectivity index (χ1) is 15.6. The molecule has 2 aromatic carbocycles. The lowest BCUT2D eigenvalue weighted by Crippen LogP contribution is -2.22. The number of para-hydroxylation sites is 2. The van der Waals surface area contributed by atoms with Crippen molar-refractivity contribution in [2.24, 2.45) is 0 Å². The molecule has 160 valence electrons. The number of benzene rings is 2. The number of thioether (sulfide) groups is 1. The van der Waals surface area contributed by atoms with Crippen LogP contribution in [0.5, 0.6) is 5.75 Å². The minimum Gasteiger partial charge on any atom is -0.495 e. The van der Waals surface area contributed by atoms with Crippen LogP contribution in [0.2, 0.25) is 5.02 Å². The van der Waals surface area contributed by atoms with Crippen molar-refractivity contribution in [3.05, 3.63) is 82.1 Å². The summed E-state index contributed by atoms with van der Waals surface area (Å²) in [6, 6.07) is 15.7. The van der Waals surface area contributed by atoms with E-state index >= 15 is 0 Å². The first-order valence-corrected chi connectivity index (χ1v) is 10.9. The summed E-state index contributed by atoms with van der Waals surface area (Å²) in [5, 5.41) is 5.32. The average molecular weight is 467 g/mol. The Balaban J connectivity index is 1.58. The maximum atomic E-state index is 13.4. The molecule has 0 bridgehead atoms. The second kappa shape index (κ2) is 8.52. The third-order valence-electron chi connectivity index (χ3n) is 4.66. The van der Waals surface area contributed by atoms with Crippen molar-refractivity contribution >= 4 is 34.3 Å². The highest BCUT2D eigenvalue weighted by Gasteiger charge is 2.18. The topological polar surface area (TPSA) is 96.2 Å². The Bertz CT molecular complexity index is 1460. The van der Waals surface area contributed by atoms with E-state index in [1.807, 2.05) is 12.1 Å². The molecule has 0 aliphatic carbocycles. The van der Waals surface area contributed by atoms with E-state index in [-0.39, 0.29) is 5.56 Å². The van der Waals surface area contributed by atoms with E-state index in [0.29, 0.717) is 55.7 Å². The van der Waals surface area contributed by atoms with Gasteiger partial charge in [-0.2, -0.15) is 4.98 Å². The van der Waals surface area contributed by atoms with Crippen molar-refractivity contribution in [3.8, 4) is 23.0 Å². The molecule has 0 spiro atoms. The van der Waals surface area contributed by atoms with Crippen molar-refractivity contribution in [2.75, 3.05) is 7.11 Å². The van der Waals surface area contributed by atoms with Crippen molar-refractivity contribution in [1.82, 2.24) is 19.7 Å². The lowest BCUT2D eigenvalue weighted by Gasteiger charge is -2.15. The fraction of sp³-hybridized carbons (Fsp3) is 0.0909. The van der Waals surface area contributed by atoms with E-state index in [9.17, 15) is 4.79 Å². The van der Waals surface area contributed by atoms with E-state index < -0.39 is 0 Å². The smallest absolute Gasteiger partial charge is 0.266 e. The lowest BCUT2D eigenvalue weighted by molar-refractivity contribution is 0.390. The van der Waals surface area contributed by atoms with Gasteiger partial charge < -0.3 is 13.7 Å². The van der Waals surface area contributed by atoms with Gasteiger partial charge in [-0.1, -0.05) is 40.7 Å². The highest BCUT2D eigenvalue weighted by molar-refractivity contribution is 7.98. The van der Waals surface area contributed by atoms with Gasteiger partial charge in [-0.25, -0.2) is 4.98 Å². The fourth-order valence-electron chi connectivity index (χ4n) is 3.21. The van der Waals surface area contributed by atoms with Crippen LogP contribution in [-0.4, -0.2) is 26.8 Å². The van der Waals surface area contributed by atoms with Crippen LogP contribution in [-0.2, 0) is 5.75 Å². The molecule has 3 heterocycles. The zero-order valence-electron chi connectivity index (χ0n) is 16.7. The van der Waals surface area contributed by atoms with Gasteiger partial charge in [-0.05, 0) is 42.5 Å². The molecule has 0 N–H and O–H groups in total. The summed E-state index contributed by atoms with van der Waals surface area (Å²) in [6.07, 6.45) is 1.54. The molecule has 5 rings (SSSR count). The van der Waals surface area contributed by atoms with Crippen molar-refractivity contribution < 1.29 is 13.7 Å². The number of methoxy groups -OCH3 is 1. The Hall–Kier alpha value is -3.56. The largest absolute Gasteiger partial charge is 0.495 e. The van der Waals surface area contributed by atoms with E-state index in [1.165, 1.54) is 22.6 Å². The van der Waals surface area contributed by atoms with Crippen molar-refractivity contribution in [3.63, 3.8) is 0 Å². The maximum Gasteiger partial charge on any atom is 0.266 e. The molecule has 0 aliphatic heterocycles. The zero-order valence-corrected chi connectivity index (χ0v) is 18.3. The molecule has 0 saturated heterocycles. The predicted molar refractivity (Wildman–Crippen MR) is 120 cm³/mol. The first kappa shape index (κ1) is 20.3. The van der Waals surface area contributed by atoms with Crippen LogP contribution in [0.3, 0.4) is 0 Å². The van der Waals surface area contributed by atoms with Crippen LogP contribution in [0.1, 0.15) is 5.89 Å². The Morgan fingerprint density at radius 2 is 2.00 bits per heavy atom. The first-order valence-electron chi connectivity index (χ1n) is 9.49. The van der Waals surface area contributed by atoms with Gasteiger partial charge in [0.2, 0.25) is 11.7 Å². The van der Waals surface area contributed by atoms with Gasteiger partial charge in [0.05, 0.1) is 35.7 Å². The zero-order chi connectivity index (χ0) is 22.1. The van der Waals surface area contributed by atoms with Crippen molar-refractivity contribution in [2.45, 2.75) is 10.9 Å². The fourth-order valence-corrected chi connectivity index (χ4v) is 4.22. The standard InChI is InChI=1S/C22H15ClN4O4S/c1-29-17-6-3-2-5-16(17)27-21(28)14-9-8-13(23)11-15(14)24-22(27)32-12-19-25-20(26-31-19)18-7-4-10-30-18/h2-11H,12H2,1H3. The monoisotopic (exact) mass is 466 g/mol.